The van der Waals surface area contributed by atoms with Gasteiger partial charge in [-0.3, -0.25) is 4.79 Å². The summed E-state index contributed by atoms with van der Waals surface area (Å²) in [5, 5.41) is 11.8. The number of hydrogen-bond donors (Lipinski definition) is 2. The summed E-state index contributed by atoms with van der Waals surface area (Å²) in [6.07, 6.45) is 4.89. The van der Waals surface area contributed by atoms with E-state index in [2.05, 4.69) is 5.32 Å². The molecule has 1 unspecified atom stereocenters. The van der Waals surface area contributed by atoms with Crippen molar-refractivity contribution in [1.82, 2.24) is 5.32 Å². The summed E-state index contributed by atoms with van der Waals surface area (Å²) in [4.78, 5) is 23.1. The number of carboxylic acids is 1. The third kappa shape index (κ3) is 5.88. The molecular formula is C17H22FNO4. The molecule has 1 aromatic carbocycles. The first-order chi connectivity index (χ1) is 11.0. The Morgan fingerprint density at radius 2 is 1.87 bits per heavy atom. The van der Waals surface area contributed by atoms with Crippen molar-refractivity contribution in [3.63, 3.8) is 0 Å². The van der Waals surface area contributed by atoms with Crippen LogP contribution >= 0.6 is 0 Å². The average molecular weight is 323 g/mol. The highest BCUT2D eigenvalue weighted by Gasteiger charge is 2.22. The van der Waals surface area contributed by atoms with Crippen LogP contribution in [0.3, 0.4) is 0 Å². The van der Waals surface area contributed by atoms with Crippen molar-refractivity contribution >= 4 is 11.9 Å². The average Bonchev–Trinajstić information content (AvgIpc) is 2.54. The molecule has 2 N–H and O–H groups in total. The van der Waals surface area contributed by atoms with Gasteiger partial charge in [0.05, 0.1) is 6.54 Å². The van der Waals surface area contributed by atoms with Gasteiger partial charge in [0, 0.05) is 6.42 Å². The summed E-state index contributed by atoms with van der Waals surface area (Å²) in [5.74, 6) is -1.10. The number of benzene rings is 1. The van der Waals surface area contributed by atoms with Crippen LogP contribution in [0.25, 0.3) is 0 Å². The molecule has 1 aromatic rings. The van der Waals surface area contributed by atoms with Crippen LogP contribution in [0.1, 0.15) is 38.5 Å². The Labute approximate surface area is 134 Å². The second-order valence-electron chi connectivity index (χ2n) is 5.91. The summed E-state index contributed by atoms with van der Waals surface area (Å²) >= 11 is 0. The van der Waals surface area contributed by atoms with Gasteiger partial charge in [-0.1, -0.05) is 19.3 Å². The number of aliphatic carboxylic acids is 1. The zero-order valence-corrected chi connectivity index (χ0v) is 13.0. The minimum absolute atomic E-state index is 0.113. The van der Waals surface area contributed by atoms with Crippen LogP contribution in [0.2, 0.25) is 0 Å². The van der Waals surface area contributed by atoms with Gasteiger partial charge in [-0.05, 0) is 43.0 Å². The highest BCUT2D eigenvalue weighted by molar-refractivity contribution is 5.78. The van der Waals surface area contributed by atoms with Gasteiger partial charge >= 0.3 is 5.97 Å². The van der Waals surface area contributed by atoms with Crippen molar-refractivity contribution in [1.29, 1.82) is 0 Å². The van der Waals surface area contributed by atoms with Gasteiger partial charge in [-0.25, -0.2) is 9.18 Å². The van der Waals surface area contributed by atoms with Gasteiger partial charge in [0.2, 0.25) is 12.0 Å². The summed E-state index contributed by atoms with van der Waals surface area (Å²) < 4.78 is 18.1. The first-order valence-electron chi connectivity index (χ1n) is 7.96. The fourth-order valence-electron chi connectivity index (χ4n) is 2.79. The van der Waals surface area contributed by atoms with Crippen molar-refractivity contribution in [3.8, 4) is 5.75 Å². The number of halogens is 1. The fourth-order valence-corrected chi connectivity index (χ4v) is 2.79. The minimum atomic E-state index is -1.20. The monoisotopic (exact) mass is 323 g/mol. The lowest BCUT2D eigenvalue weighted by atomic mass is 9.87. The Balaban J connectivity index is 1.80. The zero-order chi connectivity index (χ0) is 16.7. The predicted molar refractivity (Wildman–Crippen MR) is 82.7 cm³/mol. The van der Waals surface area contributed by atoms with E-state index in [0.29, 0.717) is 12.3 Å². The Hall–Kier alpha value is -2.11. The van der Waals surface area contributed by atoms with E-state index in [0.717, 1.165) is 25.7 Å². The molecule has 2 rings (SSSR count). The molecule has 0 bridgehead atoms. The third-order valence-electron chi connectivity index (χ3n) is 4.05. The van der Waals surface area contributed by atoms with Crippen LogP contribution < -0.4 is 10.1 Å². The molecule has 23 heavy (non-hydrogen) atoms. The molecule has 1 aliphatic rings. The highest BCUT2D eigenvalue weighted by atomic mass is 19.1. The van der Waals surface area contributed by atoms with Crippen LogP contribution in [0.15, 0.2) is 24.3 Å². The summed E-state index contributed by atoms with van der Waals surface area (Å²) in [5.41, 5.74) is 0. The van der Waals surface area contributed by atoms with Gasteiger partial charge < -0.3 is 15.2 Å². The van der Waals surface area contributed by atoms with E-state index in [9.17, 15) is 19.1 Å². The smallest absolute Gasteiger partial charge is 0.346 e. The zero-order valence-electron chi connectivity index (χ0n) is 13.0. The topological polar surface area (TPSA) is 75.6 Å². The molecule has 0 saturated heterocycles. The normalized spacial score (nSPS) is 16.6. The molecule has 1 amide bonds. The maximum atomic E-state index is 12.8. The van der Waals surface area contributed by atoms with Crippen LogP contribution in [0, 0.1) is 11.7 Å². The van der Waals surface area contributed by atoms with Crippen molar-refractivity contribution in [2.75, 3.05) is 6.54 Å². The number of ether oxygens (including phenoxy) is 1. The lowest BCUT2D eigenvalue weighted by Gasteiger charge is -2.21. The van der Waals surface area contributed by atoms with Crippen LogP contribution in [0.5, 0.6) is 5.75 Å². The second kappa shape index (κ2) is 8.50. The standard InChI is InChI=1S/C17H22FNO4/c18-13-6-8-14(9-7-13)23-15(17(21)22)11-19-16(20)10-12-4-2-1-3-5-12/h6-9,12,15H,1-5,10-11H2,(H,19,20)(H,21,22). The Morgan fingerprint density at radius 1 is 1.22 bits per heavy atom. The van der Waals surface area contributed by atoms with E-state index in [-0.39, 0.29) is 18.2 Å². The van der Waals surface area contributed by atoms with E-state index in [1.54, 1.807) is 0 Å². The van der Waals surface area contributed by atoms with E-state index < -0.39 is 17.9 Å². The maximum absolute atomic E-state index is 12.8. The number of rotatable bonds is 7. The molecule has 0 aliphatic heterocycles. The Bertz CT molecular complexity index is 526. The summed E-state index contributed by atoms with van der Waals surface area (Å²) in [6.45, 7) is -0.113. The van der Waals surface area contributed by atoms with E-state index >= 15 is 0 Å². The van der Waals surface area contributed by atoms with Gasteiger partial charge in [0.15, 0.2) is 0 Å². The van der Waals surface area contributed by atoms with Crippen molar-refractivity contribution in [3.05, 3.63) is 30.1 Å². The molecule has 5 nitrogen and oxygen atoms in total. The van der Waals surface area contributed by atoms with Gasteiger partial charge in [-0.2, -0.15) is 0 Å². The molecule has 126 valence electrons. The van der Waals surface area contributed by atoms with Gasteiger partial charge in [0.25, 0.3) is 0 Å². The van der Waals surface area contributed by atoms with E-state index in [4.69, 9.17) is 4.74 Å². The van der Waals surface area contributed by atoms with Crippen molar-refractivity contribution < 1.29 is 23.8 Å². The molecule has 0 spiro atoms. The largest absolute Gasteiger partial charge is 0.478 e. The number of carbonyl (C=O) groups is 2. The first-order valence-corrected chi connectivity index (χ1v) is 7.96. The molecular weight excluding hydrogens is 301 g/mol. The second-order valence-corrected chi connectivity index (χ2v) is 5.91. The maximum Gasteiger partial charge on any atom is 0.346 e. The Morgan fingerprint density at radius 3 is 2.48 bits per heavy atom. The number of nitrogens with one attached hydrogen (secondary N) is 1. The Kier molecular flexibility index (Phi) is 6.38. The lowest BCUT2D eigenvalue weighted by molar-refractivity contribution is -0.145. The van der Waals surface area contributed by atoms with Gasteiger partial charge in [0.1, 0.15) is 11.6 Å². The number of carboxylic acid groups (broad SMARTS) is 1. The molecule has 0 aromatic heterocycles. The van der Waals surface area contributed by atoms with E-state index in [1.165, 1.54) is 30.7 Å². The predicted octanol–water partition coefficient (Wildman–Crippen LogP) is 2.74. The highest BCUT2D eigenvalue weighted by Crippen LogP contribution is 2.26. The third-order valence-corrected chi connectivity index (χ3v) is 4.05. The minimum Gasteiger partial charge on any atom is -0.478 e. The molecule has 0 heterocycles. The van der Waals surface area contributed by atoms with Crippen molar-refractivity contribution in [2.24, 2.45) is 5.92 Å². The number of hydrogen-bond acceptors (Lipinski definition) is 3. The molecule has 1 atom stereocenters. The molecule has 0 radical (unpaired) electrons. The van der Waals surface area contributed by atoms with Crippen molar-refractivity contribution in [2.45, 2.75) is 44.6 Å². The fraction of sp³-hybridized carbons (Fsp3) is 0.529. The van der Waals surface area contributed by atoms with Crippen LogP contribution in [-0.4, -0.2) is 29.6 Å². The molecule has 6 heteroatoms. The molecule has 1 aliphatic carbocycles. The number of carbonyl (C=O) groups excluding carboxylic acids is 1. The number of amides is 1. The first kappa shape index (κ1) is 17.2. The van der Waals surface area contributed by atoms with Crippen LogP contribution in [0.4, 0.5) is 4.39 Å². The molecule has 1 fully saturated rings. The quantitative estimate of drug-likeness (QED) is 0.809. The molecule has 1 saturated carbocycles. The summed E-state index contributed by atoms with van der Waals surface area (Å²) in [6, 6.07) is 5.09. The SMILES string of the molecule is O=C(CC1CCCCC1)NCC(Oc1ccc(F)cc1)C(=O)O. The van der Waals surface area contributed by atoms with Crippen LogP contribution in [-0.2, 0) is 9.59 Å². The summed E-state index contributed by atoms with van der Waals surface area (Å²) in [7, 11) is 0. The van der Waals surface area contributed by atoms with Gasteiger partial charge in [-0.15, -0.1) is 0 Å². The lowest BCUT2D eigenvalue weighted by Crippen LogP contribution is -2.40. The van der Waals surface area contributed by atoms with E-state index in [1.807, 2.05) is 0 Å².